The van der Waals surface area contributed by atoms with Crippen LogP contribution in [0.2, 0.25) is 0 Å². The van der Waals surface area contributed by atoms with E-state index in [2.05, 4.69) is 31.0 Å². The highest BCUT2D eigenvalue weighted by Gasteiger charge is 2.29. The fourth-order valence-electron chi connectivity index (χ4n) is 2.98. The van der Waals surface area contributed by atoms with Gasteiger partial charge in [0.1, 0.15) is 5.01 Å². The molecule has 0 radical (unpaired) electrons. The van der Waals surface area contributed by atoms with Crippen LogP contribution in [0.15, 0.2) is 42.5 Å². The average molecular weight is 432 g/mol. The highest BCUT2D eigenvalue weighted by Crippen LogP contribution is 2.30. The summed E-state index contributed by atoms with van der Waals surface area (Å²) in [6.45, 7) is 3.72. The predicted octanol–water partition coefficient (Wildman–Crippen LogP) is 4.61. The number of aromatic nitrogens is 4. The van der Waals surface area contributed by atoms with E-state index >= 15 is 0 Å². The van der Waals surface area contributed by atoms with Gasteiger partial charge in [-0.15, -0.1) is 10.2 Å². The third kappa shape index (κ3) is 4.60. The van der Waals surface area contributed by atoms with Gasteiger partial charge in [-0.1, -0.05) is 23.5 Å². The van der Waals surface area contributed by atoms with Gasteiger partial charge in [-0.2, -0.15) is 18.3 Å². The molecule has 0 unspecified atom stereocenters. The second-order valence-electron chi connectivity index (χ2n) is 6.79. The maximum atomic E-state index is 12.6. The molecule has 0 aliphatic heterocycles. The maximum absolute atomic E-state index is 12.6. The standard InChI is InChI=1S/C20H19F3N6S/c1-12-16-10-14(4-7-17(16)27-26-12)18-28-29-19(30-18)25-9-8-24-11-13-2-5-15(6-3-13)20(21,22)23/h2-7,10,24H,8-9,11H2,1H3,(H,25,29)(H,26,27). The second kappa shape index (κ2) is 8.41. The molecule has 0 spiro atoms. The van der Waals surface area contributed by atoms with Gasteiger partial charge < -0.3 is 10.6 Å². The second-order valence-corrected chi connectivity index (χ2v) is 7.77. The zero-order chi connectivity index (χ0) is 21.1. The summed E-state index contributed by atoms with van der Waals surface area (Å²) >= 11 is 1.46. The fraction of sp³-hybridized carbons (Fsp3) is 0.250. The van der Waals surface area contributed by atoms with E-state index in [0.29, 0.717) is 24.8 Å². The Bertz CT molecular complexity index is 1130. The van der Waals surface area contributed by atoms with Crippen molar-refractivity contribution in [1.82, 2.24) is 25.7 Å². The molecular formula is C20H19F3N6S. The van der Waals surface area contributed by atoms with Crippen molar-refractivity contribution < 1.29 is 13.2 Å². The first kappa shape index (κ1) is 20.3. The first-order valence-electron chi connectivity index (χ1n) is 9.29. The Morgan fingerprint density at radius 3 is 2.60 bits per heavy atom. The molecule has 0 fully saturated rings. The highest BCUT2D eigenvalue weighted by molar-refractivity contribution is 7.18. The van der Waals surface area contributed by atoms with Crippen LogP contribution in [0, 0.1) is 6.92 Å². The van der Waals surface area contributed by atoms with Crippen molar-refractivity contribution in [3.8, 4) is 10.6 Å². The zero-order valence-electron chi connectivity index (χ0n) is 16.0. The molecule has 156 valence electrons. The van der Waals surface area contributed by atoms with Gasteiger partial charge in [0.25, 0.3) is 0 Å². The fourth-order valence-corrected chi connectivity index (χ4v) is 3.75. The summed E-state index contributed by atoms with van der Waals surface area (Å²) in [6.07, 6.45) is -4.31. The summed E-state index contributed by atoms with van der Waals surface area (Å²) in [5.74, 6) is 0. The van der Waals surface area contributed by atoms with Crippen molar-refractivity contribution in [3.05, 3.63) is 59.3 Å². The van der Waals surface area contributed by atoms with Crippen LogP contribution in [0.25, 0.3) is 21.5 Å². The van der Waals surface area contributed by atoms with Crippen LogP contribution in [0.5, 0.6) is 0 Å². The number of alkyl halides is 3. The number of rotatable bonds is 7. The van der Waals surface area contributed by atoms with Crippen LogP contribution >= 0.6 is 11.3 Å². The van der Waals surface area contributed by atoms with Crippen molar-refractivity contribution in [2.75, 3.05) is 18.4 Å². The number of halogens is 3. The summed E-state index contributed by atoms with van der Waals surface area (Å²) in [5, 5.41) is 24.6. The van der Waals surface area contributed by atoms with Gasteiger partial charge in [-0.3, -0.25) is 5.10 Å². The number of fused-ring (bicyclic) bond motifs is 1. The number of anilines is 1. The van der Waals surface area contributed by atoms with Crippen LogP contribution in [-0.4, -0.2) is 33.5 Å². The number of nitrogens with one attached hydrogen (secondary N) is 3. The number of aromatic amines is 1. The molecule has 0 atom stereocenters. The molecule has 2 heterocycles. The van der Waals surface area contributed by atoms with E-state index in [1.165, 1.54) is 23.5 Å². The number of aryl methyl sites for hydroxylation is 1. The Kier molecular flexibility index (Phi) is 5.69. The molecule has 0 bridgehead atoms. The third-order valence-corrected chi connectivity index (χ3v) is 5.53. The smallest absolute Gasteiger partial charge is 0.359 e. The zero-order valence-corrected chi connectivity index (χ0v) is 16.9. The highest BCUT2D eigenvalue weighted by atomic mass is 32.1. The molecular weight excluding hydrogens is 413 g/mol. The maximum Gasteiger partial charge on any atom is 0.416 e. The first-order chi connectivity index (χ1) is 14.4. The van der Waals surface area contributed by atoms with Crippen LogP contribution in [0.1, 0.15) is 16.8 Å². The number of hydrogen-bond donors (Lipinski definition) is 3. The largest absolute Gasteiger partial charge is 0.416 e. The molecule has 6 nitrogen and oxygen atoms in total. The van der Waals surface area contributed by atoms with Crippen molar-refractivity contribution in [3.63, 3.8) is 0 Å². The number of H-pyrrole nitrogens is 1. The van der Waals surface area contributed by atoms with Crippen LogP contribution in [-0.2, 0) is 12.7 Å². The normalized spacial score (nSPS) is 11.9. The Hall–Kier alpha value is -2.98. The molecule has 30 heavy (non-hydrogen) atoms. The van der Waals surface area contributed by atoms with E-state index in [-0.39, 0.29) is 0 Å². The molecule has 2 aromatic carbocycles. The van der Waals surface area contributed by atoms with Crippen LogP contribution in [0.3, 0.4) is 0 Å². The Morgan fingerprint density at radius 1 is 1.03 bits per heavy atom. The molecule has 4 rings (SSSR count). The molecule has 3 N–H and O–H groups in total. The monoisotopic (exact) mass is 432 g/mol. The lowest BCUT2D eigenvalue weighted by Crippen LogP contribution is -2.21. The van der Waals surface area contributed by atoms with E-state index in [1.807, 2.05) is 25.1 Å². The summed E-state index contributed by atoms with van der Waals surface area (Å²) in [4.78, 5) is 0. The molecule has 0 saturated heterocycles. The van der Waals surface area contributed by atoms with E-state index in [1.54, 1.807) is 0 Å². The SMILES string of the molecule is Cc1[nH]nc2ccc(-c3nnc(NCCNCc4ccc(C(F)(F)F)cc4)s3)cc12. The minimum atomic E-state index is -4.31. The van der Waals surface area contributed by atoms with E-state index in [0.717, 1.165) is 44.9 Å². The minimum Gasteiger partial charge on any atom is -0.359 e. The number of nitrogens with zero attached hydrogens (tertiary/aromatic N) is 3. The molecule has 0 aliphatic rings. The molecule has 0 aliphatic carbocycles. The van der Waals surface area contributed by atoms with Crippen molar-refractivity contribution in [1.29, 1.82) is 0 Å². The van der Waals surface area contributed by atoms with Crippen molar-refractivity contribution in [2.45, 2.75) is 19.6 Å². The van der Waals surface area contributed by atoms with Gasteiger partial charge in [-0.25, -0.2) is 0 Å². The summed E-state index contributed by atoms with van der Waals surface area (Å²) in [5.41, 5.74) is 3.07. The summed E-state index contributed by atoms with van der Waals surface area (Å²) in [7, 11) is 0. The molecule has 10 heteroatoms. The lowest BCUT2D eigenvalue weighted by Gasteiger charge is -2.08. The number of benzene rings is 2. The van der Waals surface area contributed by atoms with Crippen molar-refractivity contribution >= 4 is 27.4 Å². The molecule has 4 aromatic rings. The third-order valence-electron chi connectivity index (χ3n) is 4.60. The van der Waals surface area contributed by atoms with Gasteiger partial charge in [0.15, 0.2) is 0 Å². The summed E-state index contributed by atoms with van der Waals surface area (Å²) < 4.78 is 37.7. The topological polar surface area (TPSA) is 78.5 Å². The van der Waals surface area contributed by atoms with E-state index in [9.17, 15) is 13.2 Å². The van der Waals surface area contributed by atoms with Crippen LogP contribution < -0.4 is 10.6 Å². The van der Waals surface area contributed by atoms with E-state index < -0.39 is 11.7 Å². The van der Waals surface area contributed by atoms with Gasteiger partial charge >= 0.3 is 6.18 Å². The number of hydrogen-bond acceptors (Lipinski definition) is 6. The Labute approximate surface area is 174 Å². The molecule has 0 saturated carbocycles. The minimum absolute atomic E-state index is 0.491. The quantitative estimate of drug-likeness (QED) is 0.372. The van der Waals surface area contributed by atoms with Gasteiger partial charge in [-0.05, 0) is 42.8 Å². The average Bonchev–Trinajstić information content (AvgIpc) is 3.34. The van der Waals surface area contributed by atoms with Crippen molar-refractivity contribution in [2.24, 2.45) is 0 Å². The van der Waals surface area contributed by atoms with E-state index in [4.69, 9.17) is 0 Å². The van der Waals surface area contributed by atoms with Crippen LogP contribution in [0.4, 0.5) is 18.3 Å². The lowest BCUT2D eigenvalue weighted by molar-refractivity contribution is -0.137. The Morgan fingerprint density at radius 2 is 1.83 bits per heavy atom. The summed E-state index contributed by atoms with van der Waals surface area (Å²) in [6, 6.07) is 11.1. The lowest BCUT2D eigenvalue weighted by atomic mass is 10.1. The first-order valence-corrected chi connectivity index (χ1v) is 10.1. The van der Waals surface area contributed by atoms with Gasteiger partial charge in [0.05, 0.1) is 11.1 Å². The molecule has 0 amide bonds. The predicted molar refractivity (Wildman–Crippen MR) is 111 cm³/mol. The Balaban J connectivity index is 1.26. The van der Waals surface area contributed by atoms with Gasteiger partial charge in [0.2, 0.25) is 5.13 Å². The van der Waals surface area contributed by atoms with Gasteiger partial charge in [0, 0.05) is 36.3 Å². The molecule has 2 aromatic heterocycles.